The minimum atomic E-state index is 1.10. The van der Waals surface area contributed by atoms with Crippen LogP contribution < -0.4 is 0 Å². The molecule has 0 N–H and O–H groups in total. The number of rotatable bonds is 0. The van der Waals surface area contributed by atoms with Gasteiger partial charge in [0.1, 0.15) is 0 Å². The summed E-state index contributed by atoms with van der Waals surface area (Å²) in [6.45, 7) is 0. The van der Waals surface area contributed by atoms with Crippen molar-refractivity contribution in [2.75, 3.05) is 0 Å². The van der Waals surface area contributed by atoms with Crippen LogP contribution in [0.3, 0.4) is 0 Å². The van der Waals surface area contributed by atoms with E-state index in [1.165, 1.54) is 0 Å². The summed E-state index contributed by atoms with van der Waals surface area (Å²) in [6.07, 6.45) is 3.40. The molecule has 0 unspecified atom stereocenters. The maximum absolute atomic E-state index is 3.79. The molecule has 35 valence electrons. The second kappa shape index (κ2) is 2.26. The SMILES string of the molecule is Ic1[c]cncc1. The van der Waals surface area contributed by atoms with Gasteiger partial charge in [-0.1, -0.05) is 0 Å². The fourth-order valence-electron chi connectivity index (χ4n) is 0.299. The first kappa shape index (κ1) is 5.03. The van der Waals surface area contributed by atoms with Crippen LogP contribution in [-0.2, 0) is 0 Å². The van der Waals surface area contributed by atoms with Crippen LogP contribution in [0.25, 0.3) is 0 Å². The van der Waals surface area contributed by atoms with Gasteiger partial charge < -0.3 is 0 Å². The lowest BCUT2D eigenvalue weighted by atomic mass is 10.5. The Balaban J connectivity index is 3.02. The zero-order valence-electron chi connectivity index (χ0n) is 3.56. The van der Waals surface area contributed by atoms with E-state index < -0.39 is 0 Å². The Morgan fingerprint density at radius 1 is 1.71 bits per heavy atom. The van der Waals surface area contributed by atoms with Gasteiger partial charge in [-0.2, -0.15) is 0 Å². The summed E-state index contributed by atoms with van der Waals surface area (Å²) in [6, 6.07) is 4.81. The standard InChI is InChI=1S/C5H3IN/c6-5-1-3-7-4-2-5/h1,3-4H. The van der Waals surface area contributed by atoms with Crippen LogP contribution in [0.5, 0.6) is 0 Å². The third-order valence-electron chi connectivity index (χ3n) is 0.584. The molecule has 0 aliphatic heterocycles. The number of aromatic nitrogens is 1. The van der Waals surface area contributed by atoms with Crippen LogP contribution in [0.1, 0.15) is 0 Å². The number of halogens is 1. The van der Waals surface area contributed by atoms with Gasteiger partial charge in [0, 0.05) is 22.0 Å². The van der Waals surface area contributed by atoms with Gasteiger partial charge in [-0.15, -0.1) is 0 Å². The van der Waals surface area contributed by atoms with Crippen LogP contribution in [0.4, 0.5) is 0 Å². The van der Waals surface area contributed by atoms with Crippen LogP contribution in [-0.4, -0.2) is 4.98 Å². The van der Waals surface area contributed by atoms with E-state index >= 15 is 0 Å². The van der Waals surface area contributed by atoms with Gasteiger partial charge in [0.15, 0.2) is 0 Å². The summed E-state index contributed by atoms with van der Waals surface area (Å²) in [5.74, 6) is 0. The van der Waals surface area contributed by atoms with Gasteiger partial charge in [0.25, 0.3) is 0 Å². The van der Waals surface area contributed by atoms with Crippen molar-refractivity contribution in [3.8, 4) is 0 Å². The Labute approximate surface area is 55.9 Å². The van der Waals surface area contributed by atoms with E-state index in [9.17, 15) is 0 Å². The first-order chi connectivity index (χ1) is 3.39. The third kappa shape index (κ3) is 1.43. The Kier molecular flexibility index (Phi) is 1.62. The maximum atomic E-state index is 3.79. The topological polar surface area (TPSA) is 12.9 Å². The molecular formula is C5H3IN. The fourth-order valence-corrected chi connectivity index (χ4v) is 0.599. The van der Waals surface area contributed by atoms with E-state index in [1.807, 2.05) is 6.07 Å². The van der Waals surface area contributed by atoms with Crippen molar-refractivity contribution in [2.24, 2.45) is 0 Å². The summed E-state index contributed by atoms with van der Waals surface area (Å²) < 4.78 is 1.10. The summed E-state index contributed by atoms with van der Waals surface area (Å²) in [5, 5.41) is 0. The predicted molar refractivity (Wildman–Crippen MR) is 35.8 cm³/mol. The Morgan fingerprint density at radius 2 is 2.57 bits per heavy atom. The van der Waals surface area contributed by atoms with Crippen molar-refractivity contribution in [1.29, 1.82) is 0 Å². The van der Waals surface area contributed by atoms with E-state index in [4.69, 9.17) is 0 Å². The average molecular weight is 204 g/mol. The van der Waals surface area contributed by atoms with E-state index in [-0.39, 0.29) is 0 Å². The lowest BCUT2D eigenvalue weighted by Gasteiger charge is -1.79. The molecule has 2 heteroatoms. The van der Waals surface area contributed by atoms with Gasteiger partial charge in [-0.25, -0.2) is 0 Å². The highest BCUT2D eigenvalue weighted by Gasteiger charge is 1.76. The fraction of sp³-hybridized carbons (Fsp3) is 0. The van der Waals surface area contributed by atoms with Crippen LogP contribution in [0.15, 0.2) is 18.5 Å². The van der Waals surface area contributed by atoms with E-state index in [0.717, 1.165) is 3.57 Å². The van der Waals surface area contributed by atoms with E-state index in [2.05, 4.69) is 33.6 Å². The Morgan fingerprint density at radius 3 is 2.86 bits per heavy atom. The number of pyridine rings is 1. The molecule has 0 bridgehead atoms. The zero-order valence-corrected chi connectivity index (χ0v) is 5.71. The third-order valence-corrected chi connectivity index (χ3v) is 1.25. The molecule has 0 saturated carbocycles. The molecule has 0 aliphatic carbocycles. The van der Waals surface area contributed by atoms with Crippen LogP contribution in [0, 0.1) is 9.64 Å². The van der Waals surface area contributed by atoms with Crippen molar-refractivity contribution in [3.05, 3.63) is 28.1 Å². The van der Waals surface area contributed by atoms with Crippen LogP contribution in [0.2, 0.25) is 0 Å². The molecule has 1 aromatic heterocycles. The van der Waals surface area contributed by atoms with Crippen molar-refractivity contribution >= 4 is 22.6 Å². The van der Waals surface area contributed by atoms with Crippen molar-refractivity contribution in [1.82, 2.24) is 4.98 Å². The smallest absolute Gasteiger partial charge is 0.0357 e. The van der Waals surface area contributed by atoms with Crippen molar-refractivity contribution in [2.45, 2.75) is 0 Å². The monoisotopic (exact) mass is 204 g/mol. The van der Waals surface area contributed by atoms with Crippen molar-refractivity contribution in [3.63, 3.8) is 0 Å². The first-order valence-corrected chi connectivity index (χ1v) is 2.94. The van der Waals surface area contributed by atoms with Gasteiger partial charge in [0.05, 0.1) is 0 Å². The maximum Gasteiger partial charge on any atom is 0.0357 e. The molecule has 7 heavy (non-hydrogen) atoms. The summed E-state index contributed by atoms with van der Waals surface area (Å²) in [5.41, 5.74) is 0. The minimum Gasteiger partial charge on any atom is -0.264 e. The molecule has 1 heterocycles. The summed E-state index contributed by atoms with van der Waals surface area (Å²) in [4.78, 5) is 3.79. The normalized spacial score (nSPS) is 8.71. The lowest BCUT2D eigenvalue weighted by molar-refractivity contribution is 1.31. The number of nitrogens with zero attached hydrogens (tertiary/aromatic N) is 1. The van der Waals surface area contributed by atoms with Gasteiger partial charge in [0.2, 0.25) is 0 Å². The average Bonchev–Trinajstić information content (AvgIpc) is 1.69. The predicted octanol–water partition coefficient (Wildman–Crippen LogP) is 1.49. The molecule has 1 radical (unpaired) electrons. The number of hydrogen-bond acceptors (Lipinski definition) is 1. The minimum absolute atomic E-state index is 1.10. The molecule has 1 rings (SSSR count). The van der Waals surface area contributed by atoms with E-state index in [1.54, 1.807) is 12.4 Å². The Hall–Kier alpha value is -0.120. The molecule has 0 fully saturated rings. The largest absolute Gasteiger partial charge is 0.264 e. The van der Waals surface area contributed by atoms with E-state index in [0.29, 0.717) is 0 Å². The molecule has 0 aliphatic rings. The molecule has 0 aromatic carbocycles. The lowest BCUT2D eigenvalue weighted by Crippen LogP contribution is -1.68. The van der Waals surface area contributed by atoms with Gasteiger partial charge in [-0.3, -0.25) is 4.98 Å². The first-order valence-electron chi connectivity index (χ1n) is 1.87. The molecule has 1 nitrogen and oxygen atoms in total. The second-order valence-electron chi connectivity index (χ2n) is 1.09. The number of hydrogen-bond donors (Lipinski definition) is 0. The quantitative estimate of drug-likeness (QED) is 0.583. The zero-order chi connectivity index (χ0) is 5.11. The van der Waals surface area contributed by atoms with Gasteiger partial charge in [-0.05, 0) is 28.7 Å². The summed E-state index contributed by atoms with van der Waals surface area (Å²) >= 11 is 2.18. The highest BCUT2D eigenvalue weighted by molar-refractivity contribution is 14.1. The van der Waals surface area contributed by atoms with Crippen molar-refractivity contribution < 1.29 is 0 Å². The Bertz CT molecular complexity index is 138. The van der Waals surface area contributed by atoms with Crippen LogP contribution >= 0.6 is 22.6 Å². The molecular weight excluding hydrogens is 201 g/mol. The highest BCUT2D eigenvalue weighted by Crippen LogP contribution is 1.96. The molecule has 1 aromatic rings. The molecule has 0 amide bonds. The molecule has 0 spiro atoms. The second-order valence-corrected chi connectivity index (χ2v) is 2.25. The summed E-state index contributed by atoms with van der Waals surface area (Å²) in [7, 11) is 0. The van der Waals surface area contributed by atoms with Gasteiger partial charge >= 0.3 is 0 Å². The molecule has 0 saturated heterocycles. The molecule has 0 atom stereocenters. The highest BCUT2D eigenvalue weighted by atomic mass is 127.